The Morgan fingerprint density at radius 1 is 1.06 bits per heavy atom. The standard InChI is InChI=1S/C27H23ClFNO4/c28-18-6-9-24(34-15-25(31)32)23(13-18)26-20-8-7-19(29)12-17(20)10-11-30(26)27(33)22-14-21(22)16-4-2-1-3-5-16/h1-9,12-13,21-22,26H,10-11,14-15H2,(H,31,32). The van der Waals surface area contributed by atoms with Crippen molar-refractivity contribution in [1.82, 2.24) is 4.90 Å². The Kier molecular flexibility index (Phi) is 6.00. The molecule has 3 atom stereocenters. The third-order valence-electron chi connectivity index (χ3n) is 6.57. The number of carboxylic acids is 1. The lowest BCUT2D eigenvalue weighted by Crippen LogP contribution is -2.42. The predicted octanol–water partition coefficient (Wildman–Crippen LogP) is 5.22. The van der Waals surface area contributed by atoms with E-state index in [0.29, 0.717) is 29.3 Å². The number of halogens is 2. The average Bonchev–Trinajstić information content (AvgIpc) is 3.63. The summed E-state index contributed by atoms with van der Waals surface area (Å²) in [5.74, 6) is -1.04. The molecule has 1 N–H and O–H groups in total. The molecule has 0 saturated heterocycles. The first-order valence-corrected chi connectivity index (χ1v) is 11.6. The van der Waals surface area contributed by atoms with Gasteiger partial charge in [-0.15, -0.1) is 0 Å². The normalized spacial score (nSPS) is 21.0. The van der Waals surface area contributed by atoms with Gasteiger partial charge < -0.3 is 14.7 Å². The molecule has 3 unspecified atom stereocenters. The van der Waals surface area contributed by atoms with Gasteiger partial charge in [0, 0.05) is 23.0 Å². The van der Waals surface area contributed by atoms with Gasteiger partial charge in [0.25, 0.3) is 0 Å². The number of aliphatic carboxylic acids is 1. The Bertz CT molecular complexity index is 1250. The molecule has 7 heteroatoms. The second-order valence-corrected chi connectivity index (χ2v) is 9.19. The molecular weight excluding hydrogens is 457 g/mol. The monoisotopic (exact) mass is 479 g/mol. The van der Waals surface area contributed by atoms with Crippen molar-refractivity contribution in [3.8, 4) is 5.75 Å². The predicted molar refractivity (Wildman–Crippen MR) is 126 cm³/mol. The maximum absolute atomic E-state index is 14.0. The van der Waals surface area contributed by atoms with Crippen LogP contribution in [0.1, 0.15) is 40.6 Å². The molecule has 5 nitrogen and oxygen atoms in total. The molecule has 1 saturated carbocycles. The number of carbonyl (C=O) groups excluding carboxylic acids is 1. The molecule has 0 radical (unpaired) electrons. The van der Waals surface area contributed by atoms with Crippen molar-refractivity contribution in [2.45, 2.75) is 24.8 Å². The van der Waals surface area contributed by atoms with Gasteiger partial charge in [0.2, 0.25) is 5.91 Å². The fraction of sp³-hybridized carbons (Fsp3) is 0.259. The lowest BCUT2D eigenvalue weighted by Gasteiger charge is -2.38. The summed E-state index contributed by atoms with van der Waals surface area (Å²) < 4.78 is 19.6. The fourth-order valence-corrected chi connectivity index (χ4v) is 5.10. The molecule has 0 aromatic heterocycles. The minimum Gasteiger partial charge on any atom is -0.482 e. The van der Waals surface area contributed by atoms with E-state index in [1.807, 2.05) is 35.2 Å². The average molecular weight is 480 g/mol. The number of rotatable bonds is 6. The first-order valence-electron chi connectivity index (χ1n) is 11.2. The van der Waals surface area contributed by atoms with Gasteiger partial charge in [-0.1, -0.05) is 48.0 Å². The maximum atomic E-state index is 14.0. The Morgan fingerprint density at radius 3 is 2.62 bits per heavy atom. The zero-order valence-corrected chi connectivity index (χ0v) is 19.0. The number of nitrogens with zero attached hydrogens (tertiary/aromatic N) is 1. The van der Waals surface area contributed by atoms with Gasteiger partial charge in [-0.3, -0.25) is 4.79 Å². The highest BCUT2D eigenvalue weighted by Gasteiger charge is 2.48. The van der Waals surface area contributed by atoms with Crippen LogP contribution < -0.4 is 4.74 Å². The Balaban J connectivity index is 1.54. The third-order valence-corrected chi connectivity index (χ3v) is 6.80. The molecule has 1 amide bonds. The molecule has 1 aliphatic carbocycles. The molecule has 1 aliphatic heterocycles. The van der Waals surface area contributed by atoms with Gasteiger partial charge in [-0.25, -0.2) is 9.18 Å². The highest BCUT2D eigenvalue weighted by molar-refractivity contribution is 6.30. The summed E-state index contributed by atoms with van der Waals surface area (Å²) in [6, 6.07) is 18.9. The number of amides is 1. The molecule has 2 aliphatic rings. The molecule has 3 aromatic rings. The van der Waals surface area contributed by atoms with Crippen molar-refractivity contribution in [2.24, 2.45) is 5.92 Å². The van der Waals surface area contributed by atoms with E-state index < -0.39 is 18.6 Å². The topological polar surface area (TPSA) is 66.8 Å². The van der Waals surface area contributed by atoms with Crippen LogP contribution in [0.2, 0.25) is 5.02 Å². The van der Waals surface area contributed by atoms with Gasteiger partial charge in [0.15, 0.2) is 6.61 Å². The summed E-state index contributed by atoms with van der Waals surface area (Å²) in [7, 11) is 0. The van der Waals surface area contributed by atoms with Crippen LogP contribution >= 0.6 is 11.6 Å². The number of hydrogen-bond acceptors (Lipinski definition) is 3. The number of carbonyl (C=O) groups is 2. The first kappa shape index (κ1) is 22.4. The van der Waals surface area contributed by atoms with Gasteiger partial charge >= 0.3 is 5.97 Å². The van der Waals surface area contributed by atoms with Crippen LogP contribution in [0.15, 0.2) is 66.7 Å². The minimum atomic E-state index is -1.11. The lowest BCUT2D eigenvalue weighted by molar-refractivity contribution is -0.139. The summed E-state index contributed by atoms with van der Waals surface area (Å²) in [4.78, 5) is 26.7. The summed E-state index contributed by atoms with van der Waals surface area (Å²) >= 11 is 6.32. The zero-order chi connectivity index (χ0) is 23.8. The van der Waals surface area contributed by atoms with Crippen molar-refractivity contribution in [2.75, 3.05) is 13.2 Å². The smallest absolute Gasteiger partial charge is 0.341 e. The Hall–Kier alpha value is -3.38. The molecule has 34 heavy (non-hydrogen) atoms. The minimum absolute atomic E-state index is 0.0259. The van der Waals surface area contributed by atoms with E-state index in [9.17, 15) is 14.0 Å². The van der Waals surface area contributed by atoms with Crippen LogP contribution in [-0.4, -0.2) is 35.0 Å². The molecular formula is C27H23ClFNO4. The summed E-state index contributed by atoms with van der Waals surface area (Å²) in [6.07, 6.45) is 1.31. The van der Waals surface area contributed by atoms with E-state index in [1.54, 1.807) is 24.3 Å². The van der Waals surface area contributed by atoms with E-state index in [1.165, 1.54) is 12.1 Å². The molecule has 1 heterocycles. The molecule has 174 valence electrons. The molecule has 5 rings (SSSR count). The largest absolute Gasteiger partial charge is 0.482 e. The SMILES string of the molecule is O=C(O)COc1ccc(Cl)cc1C1c2ccc(F)cc2CCN1C(=O)C1CC1c1ccccc1. The number of ether oxygens (including phenoxy) is 1. The van der Waals surface area contributed by atoms with E-state index in [0.717, 1.165) is 23.1 Å². The zero-order valence-electron chi connectivity index (χ0n) is 18.3. The fourth-order valence-electron chi connectivity index (χ4n) is 4.92. The summed E-state index contributed by atoms with van der Waals surface area (Å²) in [5, 5.41) is 9.56. The molecule has 0 spiro atoms. The number of benzene rings is 3. The second kappa shape index (κ2) is 9.11. The van der Waals surface area contributed by atoms with Crippen molar-refractivity contribution < 1.29 is 23.8 Å². The van der Waals surface area contributed by atoms with Gasteiger partial charge in [-0.2, -0.15) is 0 Å². The lowest BCUT2D eigenvalue weighted by atomic mass is 9.87. The van der Waals surface area contributed by atoms with E-state index >= 15 is 0 Å². The van der Waals surface area contributed by atoms with Crippen molar-refractivity contribution >= 4 is 23.5 Å². The Labute approximate surface area is 201 Å². The third kappa shape index (κ3) is 4.38. The maximum Gasteiger partial charge on any atom is 0.341 e. The van der Waals surface area contributed by atoms with Gasteiger partial charge in [-0.05, 0) is 65.8 Å². The highest BCUT2D eigenvalue weighted by atomic mass is 35.5. The van der Waals surface area contributed by atoms with Crippen molar-refractivity contribution in [3.05, 3.63) is 99.8 Å². The van der Waals surface area contributed by atoms with Crippen LogP contribution in [0.25, 0.3) is 0 Å². The number of hydrogen-bond donors (Lipinski definition) is 1. The quantitative estimate of drug-likeness (QED) is 0.526. The van der Waals surface area contributed by atoms with Crippen LogP contribution in [0.3, 0.4) is 0 Å². The highest BCUT2D eigenvalue weighted by Crippen LogP contribution is 2.51. The van der Waals surface area contributed by atoms with E-state index in [4.69, 9.17) is 21.4 Å². The number of carboxylic acid groups (broad SMARTS) is 1. The second-order valence-electron chi connectivity index (χ2n) is 8.75. The van der Waals surface area contributed by atoms with Gasteiger partial charge in [0.1, 0.15) is 11.6 Å². The molecule has 0 bridgehead atoms. The Morgan fingerprint density at radius 2 is 1.85 bits per heavy atom. The van der Waals surface area contributed by atoms with Crippen molar-refractivity contribution in [3.63, 3.8) is 0 Å². The summed E-state index contributed by atoms with van der Waals surface area (Å²) in [6.45, 7) is -0.104. The van der Waals surface area contributed by atoms with E-state index in [-0.39, 0.29) is 23.6 Å². The first-order chi connectivity index (χ1) is 16.4. The van der Waals surface area contributed by atoms with Crippen LogP contribution in [0.4, 0.5) is 4.39 Å². The van der Waals surface area contributed by atoms with Crippen LogP contribution in [0, 0.1) is 11.7 Å². The number of fused-ring (bicyclic) bond motifs is 1. The van der Waals surface area contributed by atoms with E-state index in [2.05, 4.69) is 0 Å². The summed E-state index contributed by atoms with van der Waals surface area (Å²) in [5.41, 5.74) is 3.34. The van der Waals surface area contributed by atoms with Crippen LogP contribution in [0.5, 0.6) is 5.75 Å². The molecule has 3 aromatic carbocycles. The molecule has 1 fully saturated rings. The van der Waals surface area contributed by atoms with Crippen molar-refractivity contribution in [1.29, 1.82) is 0 Å². The van der Waals surface area contributed by atoms with Gasteiger partial charge in [0.05, 0.1) is 6.04 Å². The van der Waals surface area contributed by atoms with Crippen LogP contribution in [-0.2, 0) is 16.0 Å².